The van der Waals surface area contributed by atoms with E-state index in [9.17, 15) is 9.18 Å². The monoisotopic (exact) mass is 334 g/mol. The highest BCUT2D eigenvalue weighted by atomic mass is 79.9. The summed E-state index contributed by atoms with van der Waals surface area (Å²) in [4.78, 5) is 11.9. The Labute approximate surface area is 127 Å². The van der Waals surface area contributed by atoms with Gasteiger partial charge in [0.1, 0.15) is 11.6 Å². The van der Waals surface area contributed by atoms with Gasteiger partial charge in [-0.1, -0.05) is 42.5 Å². The molecule has 3 heteroatoms. The fourth-order valence-electron chi connectivity index (χ4n) is 2.12. The first-order valence-electron chi connectivity index (χ1n) is 6.65. The first-order chi connectivity index (χ1) is 9.66. The van der Waals surface area contributed by atoms with Crippen LogP contribution in [0.1, 0.15) is 24.0 Å². The molecular formula is C17H16BrFO. The van der Waals surface area contributed by atoms with Gasteiger partial charge in [-0.15, -0.1) is 0 Å². The third-order valence-corrected chi connectivity index (χ3v) is 4.07. The molecule has 2 rings (SSSR count). The standard InChI is InChI=1S/C17H16BrFO/c18-17-14(9-5-11-16(17)19)12-15(20)10-4-8-13-6-2-1-3-7-13/h1-3,5-7,9,11H,4,8,10,12H2. The summed E-state index contributed by atoms with van der Waals surface area (Å²) in [5.74, 6) is -0.174. The number of carbonyl (C=O) groups excluding carboxylic acids is 1. The molecule has 0 heterocycles. The van der Waals surface area contributed by atoms with Crippen LogP contribution in [0.4, 0.5) is 4.39 Å². The predicted octanol–water partition coefficient (Wildman–Crippen LogP) is 4.72. The predicted molar refractivity (Wildman–Crippen MR) is 82.2 cm³/mol. The molecule has 0 bridgehead atoms. The lowest BCUT2D eigenvalue weighted by Crippen LogP contribution is -2.04. The highest BCUT2D eigenvalue weighted by Gasteiger charge is 2.09. The lowest BCUT2D eigenvalue weighted by molar-refractivity contribution is -0.118. The summed E-state index contributed by atoms with van der Waals surface area (Å²) in [6, 6.07) is 14.9. The van der Waals surface area contributed by atoms with Crippen LogP contribution in [0.15, 0.2) is 53.0 Å². The van der Waals surface area contributed by atoms with Crippen LogP contribution in [-0.2, 0) is 17.6 Å². The summed E-state index contributed by atoms with van der Waals surface area (Å²) >= 11 is 3.19. The van der Waals surface area contributed by atoms with Gasteiger partial charge in [0.25, 0.3) is 0 Å². The zero-order chi connectivity index (χ0) is 14.4. The maximum Gasteiger partial charge on any atom is 0.137 e. The third kappa shape index (κ3) is 4.27. The average Bonchev–Trinajstić information content (AvgIpc) is 2.45. The van der Waals surface area contributed by atoms with Crippen molar-refractivity contribution in [2.45, 2.75) is 25.7 Å². The van der Waals surface area contributed by atoms with Gasteiger partial charge in [0.05, 0.1) is 4.47 Å². The number of benzene rings is 2. The summed E-state index contributed by atoms with van der Waals surface area (Å²) in [6.45, 7) is 0. The van der Waals surface area contributed by atoms with E-state index < -0.39 is 0 Å². The summed E-state index contributed by atoms with van der Waals surface area (Å²) in [5.41, 5.74) is 1.96. The first-order valence-corrected chi connectivity index (χ1v) is 7.44. The zero-order valence-electron chi connectivity index (χ0n) is 11.1. The quantitative estimate of drug-likeness (QED) is 0.746. The maximum absolute atomic E-state index is 13.3. The van der Waals surface area contributed by atoms with Crippen molar-refractivity contribution in [2.75, 3.05) is 0 Å². The smallest absolute Gasteiger partial charge is 0.137 e. The second kappa shape index (κ2) is 7.34. The van der Waals surface area contributed by atoms with Crippen LogP contribution in [0, 0.1) is 5.82 Å². The molecule has 0 amide bonds. The number of ketones is 1. The van der Waals surface area contributed by atoms with E-state index in [0.717, 1.165) is 18.4 Å². The molecule has 0 aliphatic heterocycles. The number of rotatable bonds is 6. The minimum absolute atomic E-state index is 0.146. The van der Waals surface area contributed by atoms with Crippen molar-refractivity contribution < 1.29 is 9.18 Å². The van der Waals surface area contributed by atoms with Crippen molar-refractivity contribution in [2.24, 2.45) is 0 Å². The average molecular weight is 335 g/mol. The van der Waals surface area contributed by atoms with Crippen LogP contribution in [0.3, 0.4) is 0 Å². The molecule has 0 aliphatic rings. The topological polar surface area (TPSA) is 17.1 Å². The Kier molecular flexibility index (Phi) is 5.48. The number of aryl methyl sites for hydroxylation is 1. The van der Waals surface area contributed by atoms with Crippen LogP contribution in [-0.4, -0.2) is 5.78 Å². The van der Waals surface area contributed by atoms with Gasteiger partial charge in [-0.2, -0.15) is 0 Å². The molecule has 0 saturated carbocycles. The molecule has 0 aromatic heterocycles. The summed E-state index contributed by atoms with van der Waals surface area (Å²) < 4.78 is 13.7. The Hall–Kier alpha value is -1.48. The van der Waals surface area contributed by atoms with Gasteiger partial charge in [0.15, 0.2) is 0 Å². The first kappa shape index (κ1) is 14.9. The van der Waals surface area contributed by atoms with Crippen LogP contribution in [0.2, 0.25) is 0 Å². The number of hydrogen-bond acceptors (Lipinski definition) is 1. The van der Waals surface area contributed by atoms with Crippen LogP contribution >= 0.6 is 15.9 Å². The molecule has 2 aromatic carbocycles. The Balaban J connectivity index is 1.82. The van der Waals surface area contributed by atoms with Gasteiger partial charge in [0.2, 0.25) is 0 Å². The van der Waals surface area contributed by atoms with Gasteiger partial charge in [-0.05, 0) is 46.0 Å². The fraction of sp³-hybridized carbons (Fsp3) is 0.235. The Morgan fingerprint density at radius 2 is 1.80 bits per heavy atom. The van der Waals surface area contributed by atoms with Crippen molar-refractivity contribution in [1.82, 2.24) is 0 Å². The molecule has 0 spiro atoms. The van der Waals surface area contributed by atoms with Crippen molar-refractivity contribution >= 4 is 21.7 Å². The molecule has 104 valence electrons. The van der Waals surface area contributed by atoms with E-state index in [1.54, 1.807) is 12.1 Å². The van der Waals surface area contributed by atoms with Gasteiger partial charge >= 0.3 is 0 Å². The largest absolute Gasteiger partial charge is 0.299 e. The maximum atomic E-state index is 13.3. The van der Waals surface area contributed by atoms with E-state index in [-0.39, 0.29) is 18.0 Å². The highest BCUT2D eigenvalue weighted by Crippen LogP contribution is 2.21. The van der Waals surface area contributed by atoms with Crippen molar-refractivity contribution in [3.05, 3.63) is 69.9 Å². The number of carbonyl (C=O) groups is 1. The Morgan fingerprint density at radius 1 is 1.05 bits per heavy atom. The second-order valence-electron chi connectivity index (χ2n) is 4.77. The molecule has 0 aliphatic carbocycles. The molecule has 0 unspecified atom stereocenters. The molecule has 0 saturated heterocycles. The van der Waals surface area contributed by atoms with Gasteiger partial charge in [-0.25, -0.2) is 4.39 Å². The lowest BCUT2D eigenvalue weighted by Gasteiger charge is -2.05. The van der Waals surface area contributed by atoms with Gasteiger partial charge in [0, 0.05) is 12.8 Å². The third-order valence-electron chi connectivity index (χ3n) is 3.18. The summed E-state index contributed by atoms with van der Waals surface area (Å²) in [6.07, 6.45) is 2.54. The molecule has 0 N–H and O–H groups in total. The number of halogens is 2. The van der Waals surface area contributed by atoms with Gasteiger partial charge in [-0.3, -0.25) is 4.79 Å². The van der Waals surface area contributed by atoms with E-state index in [4.69, 9.17) is 0 Å². The van der Waals surface area contributed by atoms with E-state index in [0.29, 0.717) is 10.9 Å². The van der Waals surface area contributed by atoms with Gasteiger partial charge < -0.3 is 0 Å². The van der Waals surface area contributed by atoms with E-state index in [1.807, 2.05) is 18.2 Å². The number of Topliss-reactive ketones (excluding diaryl/α,β-unsaturated/α-hetero) is 1. The van der Waals surface area contributed by atoms with Crippen molar-refractivity contribution in [3.8, 4) is 0 Å². The molecule has 0 radical (unpaired) electrons. The van der Waals surface area contributed by atoms with E-state index in [2.05, 4.69) is 28.1 Å². The van der Waals surface area contributed by atoms with Crippen LogP contribution in [0.25, 0.3) is 0 Å². The molecule has 20 heavy (non-hydrogen) atoms. The molecule has 1 nitrogen and oxygen atoms in total. The van der Waals surface area contributed by atoms with Crippen LogP contribution in [0.5, 0.6) is 0 Å². The Bertz CT molecular complexity index is 581. The summed E-state index contributed by atoms with van der Waals surface area (Å²) in [7, 11) is 0. The van der Waals surface area contributed by atoms with E-state index >= 15 is 0 Å². The SMILES string of the molecule is O=C(CCCc1ccccc1)Cc1cccc(F)c1Br. The zero-order valence-corrected chi connectivity index (χ0v) is 12.7. The minimum atomic E-state index is -0.320. The molecular weight excluding hydrogens is 319 g/mol. The van der Waals surface area contributed by atoms with Crippen molar-refractivity contribution in [3.63, 3.8) is 0 Å². The Morgan fingerprint density at radius 3 is 2.55 bits per heavy atom. The molecule has 0 atom stereocenters. The minimum Gasteiger partial charge on any atom is -0.299 e. The van der Waals surface area contributed by atoms with Crippen LogP contribution < -0.4 is 0 Å². The second-order valence-corrected chi connectivity index (χ2v) is 5.56. The number of hydrogen-bond donors (Lipinski definition) is 0. The lowest BCUT2D eigenvalue weighted by atomic mass is 10.0. The highest BCUT2D eigenvalue weighted by molar-refractivity contribution is 9.10. The fourth-order valence-corrected chi connectivity index (χ4v) is 2.52. The normalized spacial score (nSPS) is 10.5. The molecule has 0 fully saturated rings. The van der Waals surface area contributed by atoms with E-state index in [1.165, 1.54) is 11.6 Å². The van der Waals surface area contributed by atoms with Crippen molar-refractivity contribution in [1.29, 1.82) is 0 Å². The molecule has 2 aromatic rings. The summed E-state index contributed by atoms with van der Waals surface area (Å²) in [5, 5.41) is 0.